The Kier molecular flexibility index (Phi) is 19.8. The van der Waals surface area contributed by atoms with Gasteiger partial charge in [-0.15, -0.1) is 9.05 Å². The molecule has 0 aliphatic rings. The van der Waals surface area contributed by atoms with Crippen molar-refractivity contribution in [1.82, 2.24) is 0 Å². The van der Waals surface area contributed by atoms with E-state index >= 15 is 0 Å². The predicted molar refractivity (Wildman–Crippen MR) is 31.3 cm³/mol. The van der Waals surface area contributed by atoms with E-state index in [2.05, 4.69) is 11.2 Å². The van der Waals surface area contributed by atoms with Gasteiger partial charge in [-0.1, -0.05) is 0 Å². The molecule has 0 aromatic carbocycles. The molecule has 3 N–H and O–H groups in total. The van der Waals surface area contributed by atoms with E-state index in [-0.39, 0.29) is 59.1 Å². The number of rotatable bonds is 0. The largest absolute Gasteiger partial charge is 1.00 e. The molecule has 0 aromatic heterocycles. The van der Waals surface area contributed by atoms with E-state index in [1.165, 1.54) is 0 Å². The molecule has 0 spiro atoms. The summed E-state index contributed by atoms with van der Waals surface area (Å²) in [5, 5.41) is 0. The van der Waals surface area contributed by atoms with Crippen molar-refractivity contribution in [3.05, 3.63) is 0 Å². The minimum atomic E-state index is -4.64. The Morgan fingerprint density at radius 3 is 1.17 bits per heavy atom. The molecule has 0 unspecified atom stereocenters. The van der Waals surface area contributed by atoms with Gasteiger partial charge in [0, 0.05) is 0 Å². The van der Waals surface area contributed by atoms with Crippen LogP contribution in [0.4, 0.5) is 0 Å². The summed E-state index contributed by atoms with van der Waals surface area (Å²) in [6, 6.07) is 0. The smallest absolute Gasteiger partial charge is 0.780 e. The van der Waals surface area contributed by atoms with Gasteiger partial charge in [-0.25, -0.2) is 4.57 Å². The first kappa shape index (κ1) is 23.9. The Labute approximate surface area is 118 Å². The normalized spacial score (nSPS) is 9.75. The van der Waals surface area contributed by atoms with E-state index in [0.717, 1.165) is 0 Å². The molecule has 0 radical (unpaired) electrons. The van der Waals surface area contributed by atoms with Crippen molar-refractivity contribution in [1.29, 1.82) is 0 Å². The topological polar surface area (TPSA) is 141 Å². The molecule has 0 saturated carbocycles. The summed E-state index contributed by atoms with van der Waals surface area (Å²) in [6.45, 7) is 0. The third-order valence-electron chi connectivity index (χ3n) is 0. The minimum Gasteiger partial charge on any atom is -0.780 e. The fourth-order valence-corrected chi connectivity index (χ4v) is 0. The zero-order valence-electron chi connectivity index (χ0n) is 6.24. The minimum absolute atomic E-state index is 0. The molecule has 0 aromatic rings. The van der Waals surface area contributed by atoms with Gasteiger partial charge in [0.2, 0.25) is 0 Å². The van der Waals surface area contributed by atoms with Gasteiger partial charge in [-0.05, 0) is 11.2 Å². The molecular weight excluding hydrogens is 253 g/mol. The molecule has 0 amide bonds. The molecule has 0 heterocycles. The van der Waals surface area contributed by atoms with E-state index in [0.29, 0.717) is 0 Å². The van der Waals surface area contributed by atoms with Crippen LogP contribution in [0.3, 0.4) is 0 Å². The summed E-state index contributed by atoms with van der Waals surface area (Å²) in [5.74, 6) is 0. The van der Waals surface area contributed by atoms with Crippen molar-refractivity contribution in [2.45, 2.75) is 0 Å². The first-order valence-corrected chi connectivity index (χ1v) is 5.35. The molecule has 0 fully saturated rings. The van der Waals surface area contributed by atoms with E-state index in [1.54, 1.807) is 0 Å². The Balaban J connectivity index is -0.0000000457. The van der Waals surface area contributed by atoms with Gasteiger partial charge in [-0.2, -0.15) is 0 Å². The Morgan fingerprint density at radius 2 is 1.17 bits per heavy atom. The molecule has 0 aliphatic heterocycles. The fourth-order valence-electron chi connectivity index (χ4n) is 0. The van der Waals surface area contributed by atoms with Crippen LogP contribution in [0.25, 0.3) is 0 Å². The summed E-state index contributed by atoms with van der Waals surface area (Å²) < 4.78 is 35.6. The monoisotopic (exact) mass is 256 g/mol. The standard InChI is InChI=1S/2Na.H3O4P.H2O3S2/c;;2*1-5(2,3)4/h;;(H3,1,2,3,4);(H2,1,2,3,4)/q2*+1;;/p-2. The Morgan fingerprint density at radius 1 is 1.17 bits per heavy atom. The van der Waals surface area contributed by atoms with Crippen LogP contribution >= 0.6 is 7.82 Å². The summed E-state index contributed by atoms with van der Waals surface area (Å²) in [7, 11) is -8.97. The van der Waals surface area contributed by atoms with E-state index in [9.17, 15) is 0 Å². The maximum absolute atomic E-state index is 8.89. The van der Waals surface area contributed by atoms with Gasteiger partial charge in [0.25, 0.3) is 0 Å². The van der Waals surface area contributed by atoms with E-state index in [4.69, 9.17) is 32.6 Å². The molecule has 0 aliphatic carbocycles. The van der Waals surface area contributed by atoms with Crippen LogP contribution in [0, 0.1) is 0 Å². The van der Waals surface area contributed by atoms with Crippen LogP contribution in [-0.4, -0.2) is 28.0 Å². The maximum Gasteiger partial charge on any atom is 1.00 e. The first-order chi connectivity index (χ1) is 4.00. The Hall–Kier alpha value is 2.40. The van der Waals surface area contributed by atoms with Gasteiger partial charge in [0.05, 0.1) is 0 Å². The number of hydrogen-bond acceptors (Lipinski definition) is 5. The van der Waals surface area contributed by atoms with Gasteiger partial charge in [-0.3, -0.25) is 4.21 Å². The third-order valence-corrected chi connectivity index (χ3v) is 0. The van der Waals surface area contributed by atoms with Gasteiger partial charge < -0.3 is 23.8 Å². The van der Waals surface area contributed by atoms with Crippen molar-refractivity contribution in [3.8, 4) is 0 Å². The van der Waals surface area contributed by atoms with E-state index < -0.39 is 16.9 Å². The molecule has 12 heteroatoms. The van der Waals surface area contributed by atoms with Crippen molar-refractivity contribution in [2.24, 2.45) is 0 Å². The van der Waals surface area contributed by atoms with Crippen molar-refractivity contribution in [2.75, 3.05) is 0 Å². The second-order valence-corrected chi connectivity index (χ2v) is 3.99. The van der Waals surface area contributed by atoms with Crippen LogP contribution in [0.15, 0.2) is 0 Å². The number of hydrogen-bond donors (Lipinski definition) is 3. The SMILES string of the molecule is O=P(O)(O)O.O=S([O-])([O-])=S.[Na+].[Na+]. The summed E-state index contributed by atoms with van der Waals surface area (Å²) in [6.07, 6.45) is 0. The second kappa shape index (κ2) is 9.94. The average molecular weight is 256 g/mol. The quantitative estimate of drug-likeness (QED) is 0.286. The average Bonchev–Trinajstić information content (AvgIpc) is 1.12. The van der Waals surface area contributed by atoms with Gasteiger partial charge >= 0.3 is 66.9 Å². The summed E-state index contributed by atoms with van der Waals surface area (Å²) in [5.41, 5.74) is 0. The molecule has 0 bridgehead atoms. The van der Waals surface area contributed by atoms with Crippen molar-refractivity contribution < 1.29 is 91.7 Å². The van der Waals surface area contributed by atoms with Crippen LogP contribution in [-0.2, 0) is 24.8 Å². The molecule has 0 atom stereocenters. The van der Waals surface area contributed by atoms with Gasteiger partial charge in [0.15, 0.2) is 0 Å². The van der Waals surface area contributed by atoms with Crippen LogP contribution in [0.1, 0.15) is 0 Å². The molecule has 0 rings (SSSR count). The predicted octanol–water partition coefficient (Wildman–Crippen LogP) is -7.93. The maximum atomic E-state index is 8.89. The molecule has 7 nitrogen and oxygen atoms in total. The van der Waals surface area contributed by atoms with Crippen LogP contribution < -0.4 is 59.1 Å². The van der Waals surface area contributed by atoms with E-state index in [1.807, 2.05) is 0 Å². The van der Waals surface area contributed by atoms with Crippen molar-refractivity contribution >= 4 is 28.1 Å². The van der Waals surface area contributed by atoms with Crippen LogP contribution in [0.5, 0.6) is 0 Å². The molecule has 0 saturated heterocycles. The molecule has 12 heavy (non-hydrogen) atoms. The summed E-state index contributed by atoms with van der Waals surface area (Å²) in [4.78, 5) is 21.6. The van der Waals surface area contributed by atoms with Crippen molar-refractivity contribution in [3.63, 3.8) is 0 Å². The molecular formula is H3Na2O7PS2. The van der Waals surface area contributed by atoms with Crippen LogP contribution in [0.2, 0.25) is 0 Å². The molecule has 64 valence electrons. The zero-order valence-corrected chi connectivity index (χ0v) is 12.8. The zero-order chi connectivity index (χ0) is 9.00. The van der Waals surface area contributed by atoms with Gasteiger partial charge in [0.1, 0.15) is 0 Å². The third kappa shape index (κ3) is 280. The first-order valence-electron chi connectivity index (χ1n) is 1.45. The number of phosphoric acid groups is 1. The Bertz CT molecular complexity index is 197. The fraction of sp³-hybridized carbons (Fsp3) is 0. The summed E-state index contributed by atoms with van der Waals surface area (Å²) >= 11 is 3.24. The second-order valence-electron chi connectivity index (χ2n) is 0.922.